The van der Waals surface area contributed by atoms with Crippen molar-refractivity contribution in [3.8, 4) is 11.5 Å². The van der Waals surface area contributed by atoms with Crippen LogP contribution in [0.3, 0.4) is 0 Å². The molecule has 30 heavy (non-hydrogen) atoms. The van der Waals surface area contributed by atoms with Gasteiger partial charge in [0, 0.05) is 12.0 Å². The highest BCUT2D eigenvalue weighted by Crippen LogP contribution is 2.29. The van der Waals surface area contributed by atoms with Gasteiger partial charge in [0.2, 0.25) is 5.91 Å². The van der Waals surface area contributed by atoms with Crippen molar-refractivity contribution < 1.29 is 19.1 Å². The summed E-state index contributed by atoms with van der Waals surface area (Å²) >= 11 is 1.29. The Hall–Kier alpha value is -2.54. The summed E-state index contributed by atoms with van der Waals surface area (Å²) in [7, 11) is 0. The molecule has 6 nitrogen and oxygen atoms in total. The Morgan fingerprint density at radius 3 is 2.33 bits per heavy atom. The minimum absolute atomic E-state index is 0.0729. The summed E-state index contributed by atoms with van der Waals surface area (Å²) in [6.07, 6.45) is 0.677. The lowest BCUT2D eigenvalue weighted by Gasteiger charge is -2.16. The average Bonchev–Trinajstić information content (AvgIpc) is 3.03. The average molecular weight is 433 g/mol. The van der Waals surface area contributed by atoms with Crippen molar-refractivity contribution in [2.45, 2.75) is 48.0 Å². The Balaban J connectivity index is 1.96. The maximum atomic E-state index is 12.6. The van der Waals surface area contributed by atoms with E-state index in [4.69, 9.17) is 9.47 Å². The van der Waals surface area contributed by atoms with Crippen LogP contribution in [0, 0.1) is 12.3 Å². The third kappa shape index (κ3) is 6.49. The molecule has 1 aromatic carbocycles. The predicted molar refractivity (Wildman–Crippen MR) is 122 cm³/mol. The number of hydrogen-bond donors (Lipinski definition) is 2. The zero-order chi connectivity index (χ0) is 22.3. The molecule has 164 valence electrons. The highest BCUT2D eigenvalue weighted by atomic mass is 32.1. The number of thiophene rings is 1. The molecule has 0 radical (unpaired) electrons. The fraction of sp³-hybridized carbons (Fsp3) is 0.478. The second kappa shape index (κ2) is 10.5. The number of hydrogen-bond acceptors (Lipinski definition) is 5. The largest absolute Gasteiger partial charge is 0.490 e. The van der Waals surface area contributed by atoms with Gasteiger partial charge in [0.1, 0.15) is 0 Å². The lowest BCUT2D eigenvalue weighted by molar-refractivity contribution is -0.123. The van der Waals surface area contributed by atoms with Gasteiger partial charge in [0.05, 0.1) is 23.1 Å². The summed E-state index contributed by atoms with van der Waals surface area (Å²) in [4.78, 5) is 25.4. The molecule has 1 heterocycles. The Morgan fingerprint density at radius 1 is 1.03 bits per heavy atom. The van der Waals surface area contributed by atoms with E-state index < -0.39 is 5.41 Å². The number of amides is 2. The molecule has 1 aromatic heterocycles. The van der Waals surface area contributed by atoms with Crippen LogP contribution in [-0.4, -0.2) is 31.6 Å². The van der Waals surface area contributed by atoms with E-state index in [2.05, 4.69) is 10.6 Å². The maximum absolute atomic E-state index is 12.6. The quantitative estimate of drug-likeness (QED) is 0.596. The Morgan fingerprint density at radius 2 is 1.70 bits per heavy atom. The van der Waals surface area contributed by atoms with E-state index in [0.29, 0.717) is 36.1 Å². The normalized spacial score (nSPS) is 11.1. The number of carbonyl (C=O) groups is 2. The van der Waals surface area contributed by atoms with Gasteiger partial charge in [-0.2, -0.15) is 0 Å². The van der Waals surface area contributed by atoms with Crippen molar-refractivity contribution in [3.05, 3.63) is 40.3 Å². The van der Waals surface area contributed by atoms with Crippen molar-refractivity contribution >= 4 is 28.2 Å². The minimum atomic E-state index is -0.488. The van der Waals surface area contributed by atoms with Crippen molar-refractivity contribution in [3.63, 3.8) is 0 Å². The van der Waals surface area contributed by atoms with Crippen molar-refractivity contribution in [2.75, 3.05) is 25.1 Å². The molecule has 0 saturated heterocycles. The van der Waals surface area contributed by atoms with Gasteiger partial charge < -0.3 is 20.1 Å². The summed E-state index contributed by atoms with van der Waals surface area (Å²) in [6.45, 7) is 12.9. The lowest BCUT2D eigenvalue weighted by Crippen LogP contribution is -2.27. The molecule has 0 spiro atoms. The van der Waals surface area contributed by atoms with Crippen LogP contribution in [0.2, 0.25) is 0 Å². The lowest BCUT2D eigenvalue weighted by atomic mass is 9.96. The summed E-state index contributed by atoms with van der Waals surface area (Å²) in [5, 5.41) is 6.54. The monoisotopic (exact) mass is 432 g/mol. The smallest absolute Gasteiger partial charge is 0.261 e. The van der Waals surface area contributed by atoms with Crippen LogP contribution in [0.5, 0.6) is 11.5 Å². The van der Waals surface area contributed by atoms with Gasteiger partial charge in [-0.15, -0.1) is 11.3 Å². The summed E-state index contributed by atoms with van der Waals surface area (Å²) in [5.74, 6) is 1.24. The second-order valence-corrected chi connectivity index (χ2v) is 9.03. The van der Waals surface area contributed by atoms with Gasteiger partial charge in [0.15, 0.2) is 11.5 Å². The van der Waals surface area contributed by atoms with Crippen LogP contribution in [0.4, 0.5) is 5.00 Å². The number of aryl methyl sites for hydroxylation is 1. The summed E-state index contributed by atoms with van der Waals surface area (Å²) in [5.41, 5.74) is 1.42. The second-order valence-electron chi connectivity index (χ2n) is 7.98. The first kappa shape index (κ1) is 23.7. The molecule has 2 aromatic rings. The number of ether oxygens (including phenoxy) is 2. The molecule has 0 atom stereocenters. The fourth-order valence-corrected chi connectivity index (χ4v) is 3.70. The SMILES string of the molecule is CCOc1ccc(CCNC(=O)c2sc(NC(=O)C(C)(C)C)cc2C)cc1OCC. The maximum Gasteiger partial charge on any atom is 0.261 e. The van der Waals surface area contributed by atoms with Crippen molar-refractivity contribution in [1.82, 2.24) is 5.32 Å². The molecule has 2 amide bonds. The summed E-state index contributed by atoms with van der Waals surface area (Å²) in [6, 6.07) is 7.68. The number of nitrogens with one attached hydrogen (secondary N) is 2. The van der Waals surface area contributed by atoms with E-state index in [1.165, 1.54) is 11.3 Å². The molecule has 0 aliphatic carbocycles. The molecule has 0 aliphatic heterocycles. The van der Waals surface area contributed by atoms with Crippen LogP contribution in [0.25, 0.3) is 0 Å². The number of carbonyl (C=O) groups excluding carboxylic acids is 2. The Bertz CT molecular complexity index is 884. The van der Waals surface area contributed by atoms with Gasteiger partial charge >= 0.3 is 0 Å². The molecular weight excluding hydrogens is 400 g/mol. The number of rotatable bonds is 9. The fourth-order valence-electron chi connectivity index (χ4n) is 2.72. The van der Waals surface area contributed by atoms with Crippen LogP contribution in [0.15, 0.2) is 24.3 Å². The zero-order valence-electron chi connectivity index (χ0n) is 18.7. The zero-order valence-corrected chi connectivity index (χ0v) is 19.5. The van der Waals surface area contributed by atoms with Crippen LogP contribution < -0.4 is 20.1 Å². The van der Waals surface area contributed by atoms with Gasteiger partial charge in [-0.1, -0.05) is 26.8 Å². The standard InChI is InChI=1S/C23H32N2O4S/c1-7-28-17-10-9-16(14-18(17)29-8-2)11-12-24-21(26)20-15(3)13-19(30-20)25-22(27)23(4,5)6/h9-10,13-14H,7-8,11-12H2,1-6H3,(H,24,26)(H,25,27). The molecule has 0 unspecified atom stereocenters. The van der Waals surface area contributed by atoms with Gasteiger partial charge in [-0.25, -0.2) is 0 Å². The molecule has 0 aliphatic rings. The van der Waals surface area contributed by atoms with Gasteiger partial charge in [-0.3, -0.25) is 9.59 Å². The van der Waals surface area contributed by atoms with Crippen LogP contribution in [-0.2, 0) is 11.2 Å². The van der Waals surface area contributed by atoms with Crippen LogP contribution >= 0.6 is 11.3 Å². The molecule has 0 saturated carbocycles. The Kier molecular flexibility index (Phi) is 8.29. The first-order valence-electron chi connectivity index (χ1n) is 10.2. The number of anilines is 1. The molecule has 7 heteroatoms. The van der Waals surface area contributed by atoms with Gasteiger partial charge in [-0.05, 0) is 56.5 Å². The summed E-state index contributed by atoms with van der Waals surface area (Å²) < 4.78 is 11.2. The van der Waals surface area contributed by atoms with E-state index in [0.717, 1.165) is 22.6 Å². The third-order valence-corrected chi connectivity index (χ3v) is 5.50. The minimum Gasteiger partial charge on any atom is -0.490 e. The van der Waals surface area contributed by atoms with E-state index in [1.807, 2.05) is 65.8 Å². The van der Waals surface area contributed by atoms with E-state index in [9.17, 15) is 9.59 Å². The number of benzene rings is 1. The molecule has 2 rings (SSSR count). The predicted octanol–water partition coefficient (Wildman–Crippen LogP) is 4.81. The van der Waals surface area contributed by atoms with Gasteiger partial charge in [0.25, 0.3) is 5.91 Å². The first-order valence-corrected chi connectivity index (χ1v) is 11.1. The molecule has 0 fully saturated rings. The highest BCUT2D eigenvalue weighted by molar-refractivity contribution is 7.18. The highest BCUT2D eigenvalue weighted by Gasteiger charge is 2.23. The topological polar surface area (TPSA) is 76.7 Å². The van der Waals surface area contributed by atoms with Crippen molar-refractivity contribution in [2.24, 2.45) is 5.41 Å². The van der Waals surface area contributed by atoms with Crippen LogP contribution in [0.1, 0.15) is 55.4 Å². The molecule has 0 bridgehead atoms. The Labute approximate surface area is 183 Å². The molecular formula is C23H32N2O4S. The van der Waals surface area contributed by atoms with E-state index in [-0.39, 0.29) is 11.8 Å². The van der Waals surface area contributed by atoms with E-state index in [1.54, 1.807) is 0 Å². The first-order chi connectivity index (χ1) is 14.2. The van der Waals surface area contributed by atoms with Crippen molar-refractivity contribution in [1.29, 1.82) is 0 Å². The van der Waals surface area contributed by atoms with E-state index >= 15 is 0 Å². The third-order valence-electron chi connectivity index (χ3n) is 4.35. The molecule has 2 N–H and O–H groups in total.